The van der Waals surface area contributed by atoms with Crippen molar-refractivity contribution in [2.45, 2.75) is 12.3 Å². The highest BCUT2D eigenvalue weighted by atomic mass is 32.1. The molecule has 0 spiro atoms. The summed E-state index contributed by atoms with van der Waals surface area (Å²) < 4.78 is 5.33. The monoisotopic (exact) mass is 249 g/mol. The summed E-state index contributed by atoms with van der Waals surface area (Å²) in [6.07, 6.45) is 1.33. The quantitative estimate of drug-likeness (QED) is 0.631. The highest BCUT2D eigenvalue weighted by Gasteiger charge is 2.14. The highest BCUT2D eigenvalue weighted by molar-refractivity contribution is 7.80. The van der Waals surface area contributed by atoms with E-state index in [9.17, 15) is 9.59 Å². The predicted molar refractivity (Wildman–Crippen MR) is 68.0 cm³/mol. The number of amides is 1. The minimum Gasteiger partial charge on any atom is -0.464 e. The molecule has 4 nitrogen and oxygen atoms in total. The molecule has 0 aliphatic heterocycles. The lowest BCUT2D eigenvalue weighted by Crippen LogP contribution is -2.26. The maximum atomic E-state index is 12.1. The van der Waals surface area contributed by atoms with Gasteiger partial charge >= 0.3 is 0 Å². The smallest absolute Gasteiger partial charge is 0.218 e. The van der Waals surface area contributed by atoms with E-state index in [0.717, 1.165) is 0 Å². The maximum absolute atomic E-state index is 12.1. The first-order chi connectivity index (χ1) is 8.09. The van der Waals surface area contributed by atoms with Gasteiger partial charge in [-0.05, 0) is 12.1 Å². The number of para-hydroxylation sites is 1. The molecule has 1 unspecified atom stereocenters. The lowest BCUT2D eigenvalue weighted by molar-refractivity contribution is -0.119. The first kappa shape index (κ1) is 11.7. The zero-order valence-electron chi connectivity index (χ0n) is 9.14. The number of hydrogen-bond donors (Lipinski definition) is 2. The summed E-state index contributed by atoms with van der Waals surface area (Å²) in [6, 6.07) is 6.94. The zero-order valence-corrected chi connectivity index (χ0v) is 10.0. The molecule has 0 saturated carbocycles. The fourth-order valence-electron chi connectivity index (χ4n) is 1.55. The van der Waals surface area contributed by atoms with Crippen LogP contribution < -0.4 is 10.7 Å². The molecule has 1 aromatic heterocycles. The number of carbonyl (C=O) groups excluding carboxylic acids is 1. The summed E-state index contributed by atoms with van der Waals surface area (Å²) in [6.45, 7) is 1.37. The fourth-order valence-corrected chi connectivity index (χ4v) is 1.91. The van der Waals surface area contributed by atoms with Gasteiger partial charge in [0.2, 0.25) is 5.91 Å². The van der Waals surface area contributed by atoms with E-state index in [1.54, 1.807) is 24.3 Å². The zero-order chi connectivity index (χ0) is 12.4. The summed E-state index contributed by atoms with van der Waals surface area (Å²) in [5, 5.41) is 2.35. The number of hydrogen-bond acceptors (Lipinski definition) is 4. The number of thiol groups is 1. The lowest BCUT2D eigenvalue weighted by atomic mass is 10.1. The molecule has 88 valence electrons. The first-order valence-corrected chi connectivity index (χ1v) is 5.57. The molecule has 0 aliphatic carbocycles. The Kier molecular flexibility index (Phi) is 3.19. The largest absolute Gasteiger partial charge is 0.464 e. The van der Waals surface area contributed by atoms with Gasteiger partial charge in [-0.3, -0.25) is 9.59 Å². The van der Waals surface area contributed by atoms with Gasteiger partial charge < -0.3 is 9.73 Å². The van der Waals surface area contributed by atoms with Crippen molar-refractivity contribution in [3.05, 3.63) is 46.3 Å². The molecule has 17 heavy (non-hydrogen) atoms. The number of nitrogens with one attached hydrogen (secondary N) is 1. The van der Waals surface area contributed by atoms with Crippen LogP contribution in [-0.4, -0.2) is 5.91 Å². The minimum atomic E-state index is -0.659. The third-order valence-electron chi connectivity index (χ3n) is 2.34. The summed E-state index contributed by atoms with van der Waals surface area (Å²) >= 11 is 4.16. The second-order valence-electron chi connectivity index (χ2n) is 3.62. The van der Waals surface area contributed by atoms with Crippen LogP contribution in [-0.2, 0) is 4.79 Å². The second-order valence-corrected chi connectivity index (χ2v) is 4.14. The summed E-state index contributed by atoms with van der Waals surface area (Å²) in [7, 11) is 0. The third kappa shape index (κ3) is 2.34. The van der Waals surface area contributed by atoms with Crippen molar-refractivity contribution >= 4 is 29.5 Å². The maximum Gasteiger partial charge on any atom is 0.218 e. The molecule has 1 heterocycles. The van der Waals surface area contributed by atoms with Crippen molar-refractivity contribution in [2.24, 2.45) is 0 Å². The van der Waals surface area contributed by atoms with E-state index < -0.39 is 5.37 Å². The van der Waals surface area contributed by atoms with E-state index in [1.807, 2.05) is 0 Å². The van der Waals surface area contributed by atoms with Crippen molar-refractivity contribution < 1.29 is 9.21 Å². The number of rotatable bonds is 2. The van der Waals surface area contributed by atoms with Crippen LogP contribution in [0.5, 0.6) is 0 Å². The van der Waals surface area contributed by atoms with Crippen molar-refractivity contribution in [2.75, 3.05) is 0 Å². The van der Waals surface area contributed by atoms with Crippen molar-refractivity contribution in [3.63, 3.8) is 0 Å². The van der Waals surface area contributed by atoms with E-state index in [-0.39, 0.29) is 11.3 Å². The van der Waals surface area contributed by atoms with Gasteiger partial charge in [-0.25, -0.2) is 0 Å². The highest BCUT2D eigenvalue weighted by Crippen LogP contribution is 2.17. The molecule has 1 atom stereocenters. The average molecular weight is 249 g/mol. The lowest BCUT2D eigenvalue weighted by Gasteiger charge is -2.10. The Hall–Kier alpha value is -1.75. The molecule has 1 amide bonds. The summed E-state index contributed by atoms with van der Waals surface area (Å²) in [5.74, 6) is -0.252. The van der Waals surface area contributed by atoms with Crippen LogP contribution in [0.1, 0.15) is 17.9 Å². The minimum absolute atomic E-state index is 0.180. The van der Waals surface area contributed by atoms with Crippen molar-refractivity contribution in [1.82, 2.24) is 5.32 Å². The molecule has 1 N–H and O–H groups in total. The molecule has 2 aromatic rings. The SMILES string of the molecule is CC(=O)NC(S)c1coc2ccccc2c1=O. The Morgan fingerprint density at radius 1 is 1.41 bits per heavy atom. The van der Waals surface area contributed by atoms with Crippen LogP contribution >= 0.6 is 12.6 Å². The van der Waals surface area contributed by atoms with E-state index >= 15 is 0 Å². The van der Waals surface area contributed by atoms with Crippen LogP contribution in [0.4, 0.5) is 0 Å². The van der Waals surface area contributed by atoms with Crippen LogP contribution in [0.25, 0.3) is 11.0 Å². The Bertz CT molecular complexity index is 620. The van der Waals surface area contributed by atoms with Gasteiger partial charge in [0.25, 0.3) is 0 Å². The number of benzene rings is 1. The Morgan fingerprint density at radius 3 is 2.82 bits per heavy atom. The van der Waals surface area contributed by atoms with E-state index in [1.165, 1.54) is 13.2 Å². The van der Waals surface area contributed by atoms with E-state index in [4.69, 9.17) is 4.42 Å². The van der Waals surface area contributed by atoms with Gasteiger partial charge in [0.15, 0.2) is 5.43 Å². The summed E-state index contributed by atoms with van der Waals surface area (Å²) in [5.41, 5.74) is 0.660. The topological polar surface area (TPSA) is 59.3 Å². The van der Waals surface area contributed by atoms with Gasteiger partial charge in [-0.1, -0.05) is 12.1 Å². The predicted octanol–water partition coefficient (Wildman–Crippen LogP) is 1.86. The van der Waals surface area contributed by atoms with Crippen LogP contribution in [0.3, 0.4) is 0 Å². The molecule has 5 heteroatoms. The van der Waals surface area contributed by atoms with Crippen LogP contribution in [0.2, 0.25) is 0 Å². The van der Waals surface area contributed by atoms with E-state index in [2.05, 4.69) is 17.9 Å². The molecule has 0 aliphatic rings. The Balaban J connectivity index is 2.53. The Morgan fingerprint density at radius 2 is 2.12 bits per heavy atom. The first-order valence-electron chi connectivity index (χ1n) is 5.05. The molecule has 0 saturated heterocycles. The van der Waals surface area contributed by atoms with Gasteiger partial charge in [-0.15, -0.1) is 12.6 Å². The average Bonchev–Trinajstić information content (AvgIpc) is 2.28. The molecule has 1 aromatic carbocycles. The molecule has 0 radical (unpaired) electrons. The fraction of sp³-hybridized carbons (Fsp3) is 0.167. The molecule has 0 fully saturated rings. The van der Waals surface area contributed by atoms with Gasteiger partial charge in [0.05, 0.1) is 10.9 Å². The Labute approximate surface area is 103 Å². The molecule has 0 bridgehead atoms. The van der Waals surface area contributed by atoms with Gasteiger partial charge in [-0.2, -0.15) is 0 Å². The standard InChI is InChI=1S/C12H11NO3S/c1-7(14)13-12(17)9-6-16-10-5-3-2-4-8(10)11(9)15/h2-6,12,17H,1H3,(H,13,14). The van der Waals surface area contributed by atoms with Gasteiger partial charge in [0.1, 0.15) is 17.2 Å². The van der Waals surface area contributed by atoms with Crippen molar-refractivity contribution in [3.8, 4) is 0 Å². The van der Waals surface area contributed by atoms with Crippen LogP contribution in [0, 0.1) is 0 Å². The molecular formula is C12H11NO3S. The van der Waals surface area contributed by atoms with Gasteiger partial charge in [0, 0.05) is 6.92 Å². The number of carbonyl (C=O) groups is 1. The number of fused-ring (bicyclic) bond motifs is 1. The van der Waals surface area contributed by atoms with Crippen molar-refractivity contribution in [1.29, 1.82) is 0 Å². The summed E-state index contributed by atoms with van der Waals surface area (Å²) in [4.78, 5) is 23.0. The normalized spacial score (nSPS) is 12.4. The molecule has 2 rings (SSSR count). The van der Waals surface area contributed by atoms with E-state index in [0.29, 0.717) is 16.5 Å². The second kappa shape index (κ2) is 4.63. The molecular weight excluding hydrogens is 238 g/mol. The third-order valence-corrected chi connectivity index (χ3v) is 2.75. The van der Waals surface area contributed by atoms with Crippen LogP contribution in [0.15, 0.2) is 39.7 Å².